The van der Waals surface area contributed by atoms with Crippen LogP contribution in [0.3, 0.4) is 0 Å². The van der Waals surface area contributed by atoms with Gasteiger partial charge in [-0.25, -0.2) is 4.39 Å². The minimum Gasteiger partial charge on any atom is -0.328 e. The third-order valence-corrected chi connectivity index (χ3v) is 3.26. The molecule has 0 aromatic heterocycles. The normalized spacial score (nSPS) is 30.4. The van der Waals surface area contributed by atoms with Crippen LogP contribution in [0.4, 0.5) is 4.39 Å². The number of hydrogen-bond donors (Lipinski definition) is 2. The number of halogens is 1. The largest absolute Gasteiger partial charge is 0.328 e. The van der Waals surface area contributed by atoms with E-state index in [1.807, 2.05) is 12.1 Å². The summed E-state index contributed by atoms with van der Waals surface area (Å²) in [6, 6.07) is 6.24. The molecule has 0 spiro atoms. The van der Waals surface area contributed by atoms with Gasteiger partial charge < -0.3 is 11.1 Å². The second-order valence-electron chi connectivity index (χ2n) is 4.86. The highest BCUT2D eigenvalue weighted by Gasteiger charge is 2.24. The van der Waals surface area contributed by atoms with Crippen LogP contribution in [-0.2, 0) is 0 Å². The summed E-state index contributed by atoms with van der Waals surface area (Å²) in [5, 5.41) is 3.51. The lowest BCUT2D eigenvalue weighted by Gasteiger charge is -2.33. The van der Waals surface area contributed by atoms with Crippen molar-refractivity contribution in [2.24, 2.45) is 5.73 Å². The van der Waals surface area contributed by atoms with Gasteiger partial charge >= 0.3 is 0 Å². The molecule has 0 unspecified atom stereocenters. The molecule has 1 aromatic rings. The smallest absolute Gasteiger partial charge is 0.126 e. The van der Waals surface area contributed by atoms with Gasteiger partial charge in [0.1, 0.15) is 5.82 Å². The second-order valence-corrected chi connectivity index (χ2v) is 4.86. The number of benzene rings is 1. The van der Waals surface area contributed by atoms with Crippen LogP contribution in [0.2, 0.25) is 0 Å². The fourth-order valence-electron chi connectivity index (χ4n) is 2.45. The van der Waals surface area contributed by atoms with E-state index in [1.165, 1.54) is 6.07 Å². The molecule has 0 radical (unpaired) electrons. The van der Waals surface area contributed by atoms with E-state index in [1.54, 1.807) is 6.92 Å². The van der Waals surface area contributed by atoms with Gasteiger partial charge in [-0.1, -0.05) is 12.1 Å². The molecule has 1 fully saturated rings. The molecule has 88 valence electrons. The van der Waals surface area contributed by atoms with E-state index >= 15 is 0 Å². The first-order valence-electron chi connectivity index (χ1n) is 5.84. The van der Waals surface area contributed by atoms with E-state index in [9.17, 15) is 4.39 Å². The predicted octanol–water partition coefficient (Wildman–Crippen LogP) is 2.27. The van der Waals surface area contributed by atoms with Gasteiger partial charge in [0.2, 0.25) is 0 Å². The molecule has 0 aliphatic carbocycles. The fraction of sp³-hybridized carbons (Fsp3) is 0.538. The van der Waals surface area contributed by atoms with Gasteiger partial charge in [0, 0.05) is 18.1 Å². The van der Waals surface area contributed by atoms with Crippen molar-refractivity contribution in [3.05, 3.63) is 35.1 Å². The molecule has 1 aromatic carbocycles. The molecule has 1 aliphatic rings. The van der Waals surface area contributed by atoms with Crippen LogP contribution >= 0.6 is 0 Å². The monoisotopic (exact) mass is 222 g/mol. The summed E-state index contributed by atoms with van der Waals surface area (Å²) in [6.07, 6.45) is 1.94. The number of hydrogen-bond acceptors (Lipinski definition) is 2. The van der Waals surface area contributed by atoms with Gasteiger partial charge in [-0.3, -0.25) is 0 Å². The maximum atomic E-state index is 13.2. The molecule has 16 heavy (non-hydrogen) atoms. The van der Waals surface area contributed by atoms with Crippen molar-refractivity contribution in [3.8, 4) is 0 Å². The molecule has 0 saturated carbocycles. The van der Waals surface area contributed by atoms with Crippen molar-refractivity contribution in [2.45, 2.75) is 44.8 Å². The third kappa shape index (κ3) is 2.42. The van der Waals surface area contributed by atoms with Crippen molar-refractivity contribution >= 4 is 0 Å². The molecule has 3 heteroatoms. The Morgan fingerprint density at radius 2 is 2.12 bits per heavy atom. The van der Waals surface area contributed by atoms with Crippen molar-refractivity contribution < 1.29 is 4.39 Å². The first-order valence-corrected chi connectivity index (χ1v) is 5.84. The standard InChI is InChI=1S/C13H19FN2/c1-8-5-10(3-4-12(8)14)13-7-11(15)6-9(2)16-13/h3-5,9,11,13,16H,6-7,15H2,1-2H3/t9-,11+,13-/m0/s1. The summed E-state index contributed by atoms with van der Waals surface area (Å²) >= 11 is 0. The molecule has 1 heterocycles. The van der Waals surface area contributed by atoms with Crippen LogP contribution in [0.5, 0.6) is 0 Å². The van der Waals surface area contributed by atoms with Gasteiger partial charge in [-0.2, -0.15) is 0 Å². The van der Waals surface area contributed by atoms with Crippen molar-refractivity contribution in [1.82, 2.24) is 5.32 Å². The molecule has 3 atom stereocenters. The zero-order chi connectivity index (χ0) is 11.7. The maximum absolute atomic E-state index is 13.2. The van der Waals surface area contributed by atoms with E-state index < -0.39 is 0 Å². The second kappa shape index (κ2) is 4.52. The Hall–Kier alpha value is -0.930. The molecule has 1 aliphatic heterocycles. The van der Waals surface area contributed by atoms with Crippen LogP contribution < -0.4 is 11.1 Å². The Kier molecular flexibility index (Phi) is 3.26. The molecular weight excluding hydrogens is 203 g/mol. The number of piperidine rings is 1. The van der Waals surface area contributed by atoms with Crippen molar-refractivity contribution in [1.29, 1.82) is 0 Å². The zero-order valence-corrected chi connectivity index (χ0v) is 9.83. The minimum atomic E-state index is -0.142. The highest BCUT2D eigenvalue weighted by molar-refractivity contribution is 5.27. The number of aryl methyl sites for hydroxylation is 1. The number of rotatable bonds is 1. The number of nitrogens with one attached hydrogen (secondary N) is 1. The summed E-state index contributed by atoms with van der Waals surface area (Å²) < 4.78 is 13.2. The van der Waals surface area contributed by atoms with Gasteiger partial charge in [-0.15, -0.1) is 0 Å². The SMILES string of the molecule is Cc1cc([C@@H]2C[C@H](N)C[C@H](C)N2)ccc1F. The Balaban J connectivity index is 2.19. The molecule has 0 amide bonds. The molecule has 2 nitrogen and oxygen atoms in total. The van der Waals surface area contributed by atoms with E-state index in [-0.39, 0.29) is 17.9 Å². The van der Waals surface area contributed by atoms with Crippen LogP contribution in [0.15, 0.2) is 18.2 Å². The maximum Gasteiger partial charge on any atom is 0.126 e. The lowest BCUT2D eigenvalue weighted by atomic mass is 9.90. The quantitative estimate of drug-likeness (QED) is 0.765. The van der Waals surface area contributed by atoms with E-state index in [2.05, 4.69) is 12.2 Å². The van der Waals surface area contributed by atoms with Crippen LogP contribution in [0, 0.1) is 12.7 Å². The summed E-state index contributed by atoms with van der Waals surface area (Å²) in [5.74, 6) is -0.142. The summed E-state index contributed by atoms with van der Waals surface area (Å²) in [6.45, 7) is 3.94. The average molecular weight is 222 g/mol. The van der Waals surface area contributed by atoms with Crippen LogP contribution in [-0.4, -0.2) is 12.1 Å². The molecule has 2 rings (SSSR count). The summed E-state index contributed by atoms with van der Waals surface area (Å²) in [5.41, 5.74) is 7.85. The van der Waals surface area contributed by atoms with Crippen molar-refractivity contribution in [3.63, 3.8) is 0 Å². The highest BCUT2D eigenvalue weighted by Crippen LogP contribution is 2.26. The van der Waals surface area contributed by atoms with Crippen LogP contribution in [0.25, 0.3) is 0 Å². The van der Waals surface area contributed by atoms with Crippen molar-refractivity contribution in [2.75, 3.05) is 0 Å². The zero-order valence-electron chi connectivity index (χ0n) is 9.83. The van der Waals surface area contributed by atoms with Gasteiger partial charge in [0.15, 0.2) is 0 Å². The lowest BCUT2D eigenvalue weighted by molar-refractivity contribution is 0.307. The molecular formula is C13H19FN2. The minimum absolute atomic E-state index is 0.142. The Labute approximate surface area is 96.0 Å². The Morgan fingerprint density at radius 3 is 2.75 bits per heavy atom. The van der Waals surface area contributed by atoms with E-state index in [4.69, 9.17) is 5.73 Å². The summed E-state index contributed by atoms with van der Waals surface area (Å²) in [7, 11) is 0. The highest BCUT2D eigenvalue weighted by atomic mass is 19.1. The Bertz CT molecular complexity index is 368. The Morgan fingerprint density at radius 1 is 1.38 bits per heavy atom. The molecule has 3 N–H and O–H groups in total. The van der Waals surface area contributed by atoms with E-state index in [0.717, 1.165) is 18.4 Å². The first kappa shape index (κ1) is 11.6. The fourth-order valence-corrected chi connectivity index (χ4v) is 2.45. The average Bonchev–Trinajstić information content (AvgIpc) is 2.20. The van der Waals surface area contributed by atoms with Crippen LogP contribution in [0.1, 0.15) is 36.9 Å². The molecule has 1 saturated heterocycles. The molecule has 0 bridgehead atoms. The number of nitrogens with two attached hydrogens (primary N) is 1. The van der Waals surface area contributed by atoms with Gasteiger partial charge in [0.25, 0.3) is 0 Å². The lowest BCUT2D eigenvalue weighted by Crippen LogP contribution is -2.44. The van der Waals surface area contributed by atoms with Gasteiger partial charge in [-0.05, 0) is 43.9 Å². The first-order chi connectivity index (χ1) is 7.56. The van der Waals surface area contributed by atoms with Gasteiger partial charge in [0.05, 0.1) is 0 Å². The third-order valence-electron chi connectivity index (χ3n) is 3.26. The topological polar surface area (TPSA) is 38.0 Å². The predicted molar refractivity (Wildman–Crippen MR) is 63.7 cm³/mol. The summed E-state index contributed by atoms with van der Waals surface area (Å²) in [4.78, 5) is 0. The van der Waals surface area contributed by atoms with E-state index in [0.29, 0.717) is 11.6 Å².